The molecule has 32 heavy (non-hydrogen) atoms. The van der Waals surface area contributed by atoms with Crippen LogP contribution >= 0.6 is 0 Å². The highest BCUT2D eigenvalue weighted by atomic mass is 16.5. The van der Waals surface area contributed by atoms with Crippen molar-refractivity contribution in [1.82, 2.24) is 10.2 Å². The fourth-order valence-corrected chi connectivity index (χ4v) is 6.81. The number of piperidine rings is 1. The van der Waals surface area contributed by atoms with Crippen LogP contribution in [0.4, 0.5) is 0 Å². The van der Waals surface area contributed by atoms with E-state index in [4.69, 9.17) is 4.74 Å². The smallest absolute Gasteiger partial charge is 0.119 e. The number of benzene rings is 2. The standard InChI is InChI=1S/C29H40N2O/c1-23-11-13-27(14-12-23)32-22-6-19-31-20-16-26(17-21-31)29(25-8-3-4-9-25)28-10-5-2-7-24(28)15-18-30-29/h2,5,7,10-14,25-26,30H,3-4,6,8-9,15-22H2,1H3. The van der Waals surface area contributed by atoms with Gasteiger partial charge in [0.25, 0.3) is 0 Å². The molecule has 2 aromatic rings. The van der Waals surface area contributed by atoms with E-state index in [0.29, 0.717) is 0 Å². The maximum atomic E-state index is 5.95. The summed E-state index contributed by atoms with van der Waals surface area (Å²) in [6.45, 7) is 7.68. The molecular formula is C29H40N2O. The Hall–Kier alpha value is -1.84. The number of fused-ring (bicyclic) bond motifs is 1. The molecule has 2 fully saturated rings. The molecule has 172 valence electrons. The van der Waals surface area contributed by atoms with E-state index in [-0.39, 0.29) is 5.54 Å². The van der Waals surface area contributed by atoms with Crippen molar-refractivity contribution < 1.29 is 4.74 Å². The van der Waals surface area contributed by atoms with Crippen molar-refractivity contribution in [2.45, 2.75) is 63.8 Å². The number of ether oxygens (including phenoxy) is 1. The Morgan fingerprint density at radius 1 is 0.938 bits per heavy atom. The Balaban J connectivity index is 1.19. The summed E-state index contributed by atoms with van der Waals surface area (Å²) >= 11 is 0. The molecule has 3 nitrogen and oxygen atoms in total. The maximum absolute atomic E-state index is 5.95. The molecule has 1 atom stereocenters. The van der Waals surface area contributed by atoms with Crippen LogP contribution in [0.5, 0.6) is 5.75 Å². The lowest BCUT2D eigenvalue weighted by Gasteiger charge is -2.52. The predicted octanol–water partition coefficient (Wildman–Crippen LogP) is 5.71. The Bertz CT molecular complexity index is 865. The lowest BCUT2D eigenvalue weighted by Crippen LogP contribution is -2.58. The average Bonchev–Trinajstić information content (AvgIpc) is 3.38. The molecule has 0 radical (unpaired) electrons. The van der Waals surface area contributed by atoms with E-state index >= 15 is 0 Å². The minimum absolute atomic E-state index is 0.214. The minimum Gasteiger partial charge on any atom is -0.494 e. The second kappa shape index (κ2) is 9.97. The Labute approximate surface area is 194 Å². The Morgan fingerprint density at radius 3 is 2.44 bits per heavy atom. The van der Waals surface area contributed by atoms with Gasteiger partial charge < -0.3 is 15.0 Å². The van der Waals surface area contributed by atoms with Crippen molar-refractivity contribution in [3.63, 3.8) is 0 Å². The summed E-state index contributed by atoms with van der Waals surface area (Å²) in [5.41, 5.74) is 4.74. The van der Waals surface area contributed by atoms with Crippen molar-refractivity contribution >= 4 is 0 Å². The molecule has 1 aliphatic carbocycles. The van der Waals surface area contributed by atoms with Gasteiger partial charge >= 0.3 is 0 Å². The Kier molecular flexibility index (Phi) is 6.85. The molecule has 0 aromatic heterocycles. The third kappa shape index (κ3) is 4.47. The predicted molar refractivity (Wildman–Crippen MR) is 132 cm³/mol. The van der Waals surface area contributed by atoms with Gasteiger partial charge in [-0.1, -0.05) is 54.8 Å². The van der Waals surface area contributed by atoms with Crippen LogP contribution in [0.2, 0.25) is 0 Å². The molecule has 3 heteroatoms. The summed E-state index contributed by atoms with van der Waals surface area (Å²) in [6, 6.07) is 17.8. The van der Waals surface area contributed by atoms with Crippen LogP contribution in [0.1, 0.15) is 61.6 Å². The molecule has 2 aliphatic heterocycles. The SMILES string of the molecule is Cc1ccc(OCCCN2CCC(C3(C4CCCC4)NCCc4ccccc43)CC2)cc1. The minimum atomic E-state index is 0.214. The van der Waals surface area contributed by atoms with E-state index < -0.39 is 0 Å². The van der Waals surface area contributed by atoms with Gasteiger partial charge in [-0.15, -0.1) is 0 Å². The van der Waals surface area contributed by atoms with Crippen LogP contribution < -0.4 is 10.1 Å². The molecule has 0 amide bonds. The van der Waals surface area contributed by atoms with Crippen LogP contribution in [0, 0.1) is 18.8 Å². The zero-order chi connectivity index (χ0) is 21.8. The molecule has 0 spiro atoms. The van der Waals surface area contributed by atoms with E-state index in [1.807, 2.05) is 0 Å². The zero-order valence-electron chi connectivity index (χ0n) is 19.8. The van der Waals surface area contributed by atoms with Crippen LogP contribution in [0.3, 0.4) is 0 Å². The number of hydrogen-bond donors (Lipinski definition) is 1. The first-order valence-electron chi connectivity index (χ1n) is 13.0. The van der Waals surface area contributed by atoms with Gasteiger partial charge in [-0.05, 0) is 93.6 Å². The van der Waals surface area contributed by atoms with E-state index in [1.165, 1.54) is 63.6 Å². The molecule has 2 heterocycles. The number of nitrogens with zero attached hydrogens (tertiary/aromatic N) is 1. The lowest BCUT2D eigenvalue weighted by molar-refractivity contribution is 0.0543. The van der Waals surface area contributed by atoms with Gasteiger partial charge in [-0.3, -0.25) is 0 Å². The van der Waals surface area contributed by atoms with Gasteiger partial charge in [0.1, 0.15) is 5.75 Å². The van der Waals surface area contributed by atoms with Crippen LogP contribution in [0.25, 0.3) is 0 Å². The van der Waals surface area contributed by atoms with Crippen molar-refractivity contribution in [3.8, 4) is 5.75 Å². The second-order valence-corrected chi connectivity index (χ2v) is 10.3. The quantitative estimate of drug-likeness (QED) is 0.567. The fourth-order valence-electron chi connectivity index (χ4n) is 6.81. The molecule has 3 aliphatic rings. The summed E-state index contributed by atoms with van der Waals surface area (Å²) in [5.74, 6) is 2.56. The van der Waals surface area contributed by atoms with Crippen LogP contribution in [-0.2, 0) is 12.0 Å². The topological polar surface area (TPSA) is 24.5 Å². The summed E-state index contributed by atoms with van der Waals surface area (Å²) in [5, 5.41) is 4.15. The van der Waals surface area contributed by atoms with Crippen LogP contribution in [-0.4, -0.2) is 37.7 Å². The molecule has 1 unspecified atom stereocenters. The van der Waals surface area contributed by atoms with Gasteiger partial charge in [0.05, 0.1) is 6.61 Å². The highest BCUT2D eigenvalue weighted by molar-refractivity contribution is 5.38. The van der Waals surface area contributed by atoms with Gasteiger partial charge in [-0.2, -0.15) is 0 Å². The van der Waals surface area contributed by atoms with Gasteiger partial charge in [0.2, 0.25) is 0 Å². The number of rotatable bonds is 7. The molecule has 1 saturated heterocycles. The van der Waals surface area contributed by atoms with E-state index in [2.05, 4.69) is 65.7 Å². The largest absolute Gasteiger partial charge is 0.494 e. The summed E-state index contributed by atoms with van der Waals surface area (Å²) < 4.78 is 5.95. The van der Waals surface area contributed by atoms with Gasteiger partial charge in [0, 0.05) is 18.6 Å². The highest BCUT2D eigenvalue weighted by Gasteiger charge is 2.49. The second-order valence-electron chi connectivity index (χ2n) is 10.3. The number of nitrogens with one attached hydrogen (secondary N) is 1. The molecule has 5 rings (SSSR count). The van der Waals surface area contributed by atoms with Crippen molar-refractivity contribution in [1.29, 1.82) is 0 Å². The Morgan fingerprint density at radius 2 is 1.66 bits per heavy atom. The summed E-state index contributed by atoms with van der Waals surface area (Å²) in [7, 11) is 0. The first-order chi connectivity index (χ1) is 15.8. The van der Waals surface area contributed by atoms with Gasteiger partial charge in [-0.25, -0.2) is 0 Å². The van der Waals surface area contributed by atoms with E-state index in [0.717, 1.165) is 43.7 Å². The lowest BCUT2D eigenvalue weighted by atomic mass is 9.63. The maximum Gasteiger partial charge on any atom is 0.119 e. The third-order valence-corrected chi connectivity index (χ3v) is 8.41. The van der Waals surface area contributed by atoms with Gasteiger partial charge in [0.15, 0.2) is 0 Å². The molecule has 1 N–H and O–H groups in total. The number of aryl methyl sites for hydroxylation is 1. The summed E-state index contributed by atoms with van der Waals surface area (Å²) in [6.07, 6.45) is 10.5. The van der Waals surface area contributed by atoms with Crippen molar-refractivity contribution in [2.75, 3.05) is 32.8 Å². The summed E-state index contributed by atoms with van der Waals surface area (Å²) in [4.78, 5) is 2.67. The van der Waals surface area contributed by atoms with Crippen molar-refractivity contribution in [2.24, 2.45) is 11.8 Å². The van der Waals surface area contributed by atoms with Crippen LogP contribution in [0.15, 0.2) is 48.5 Å². The zero-order valence-corrected chi connectivity index (χ0v) is 19.8. The average molecular weight is 433 g/mol. The third-order valence-electron chi connectivity index (χ3n) is 8.41. The fraction of sp³-hybridized carbons (Fsp3) is 0.586. The van der Waals surface area contributed by atoms with E-state index in [9.17, 15) is 0 Å². The normalized spacial score (nSPS) is 25.0. The van der Waals surface area contributed by atoms with Crippen molar-refractivity contribution in [3.05, 3.63) is 65.2 Å². The highest BCUT2D eigenvalue weighted by Crippen LogP contribution is 2.50. The monoisotopic (exact) mass is 432 g/mol. The molecule has 2 aromatic carbocycles. The molecule has 0 bridgehead atoms. The number of hydrogen-bond acceptors (Lipinski definition) is 3. The first kappa shape index (κ1) is 22.0. The molecular weight excluding hydrogens is 392 g/mol. The number of likely N-dealkylation sites (tertiary alicyclic amines) is 1. The first-order valence-corrected chi connectivity index (χ1v) is 13.0. The van der Waals surface area contributed by atoms with E-state index in [1.54, 1.807) is 11.1 Å². The molecule has 1 saturated carbocycles.